The molecule has 0 saturated carbocycles. The molecular weight excluding hydrogens is 446 g/mol. The number of amides is 1. The van der Waals surface area contributed by atoms with E-state index in [0.717, 1.165) is 11.1 Å². The molecule has 1 aromatic carbocycles. The summed E-state index contributed by atoms with van der Waals surface area (Å²) in [5.41, 5.74) is 3.28. The van der Waals surface area contributed by atoms with Crippen LogP contribution in [0.5, 0.6) is 0 Å². The van der Waals surface area contributed by atoms with Gasteiger partial charge in [-0.2, -0.15) is 0 Å². The predicted molar refractivity (Wildman–Crippen MR) is 134 cm³/mol. The van der Waals surface area contributed by atoms with Gasteiger partial charge in [-0.15, -0.1) is 0 Å². The van der Waals surface area contributed by atoms with Crippen LogP contribution in [0.1, 0.15) is 65.2 Å². The van der Waals surface area contributed by atoms with Gasteiger partial charge in [0.15, 0.2) is 0 Å². The van der Waals surface area contributed by atoms with Crippen molar-refractivity contribution in [2.75, 3.05) is 34.3 Å². The smallest absolute Gasteiger partial charge is 0.354 e. The van der Waals surface area contributed by atoms with E-state index in [9.17, 15) is 19.5 Å². The molecule has 0 radical (unpaired) electrons. The number of esters is 1. The van der Waals surface area contributed by atoms with E-state index in [-0.39, 0.29) is 22.4 Å². The third kappa shape index (κ3) is 4.89. The van der Waals surface area contributed by atoms with Crippen LogP contribution < -0.4 is 0 Å². The Labute approximate surface area is 206 Å². The zero-order valence-corrected chi connectivity index (χ0v) is 21.8. The molecule has 8 heteroatoms. The number of carbonyl (C=O) groups excluding carboxylic acids is 3. The molecule has 1 atom stereocenters. The first-order chi connectivity index (χ1) is 16.3. The molecule has 1 amide bonds. The lowest BCUT2D eigenvalue weighted by atomic mass is 9.85. The second kappa shape index (κ2) is 9.70. The molecule has 1 aromatic heterocycles. The number of carbonyl (C=O) groups is 3. The van der Waals surface area contributed by atoms with Crippen molar-refractivity contribution < 1.29 is 24.2 Å². The van der Waals surface area contributed by atoms with Gasteiger partial charge in [0.25, 0.3) is 11.7 Å². The lowest BCUT2D eigenvalue weighted by Crippen LogP contribution is -2.35. The number of rotatable bonds is 6. The summed E-state index contributed by atoms with van der Waals surface area (Å²) in [6, 6.07) is 7.04. The number of aromatic amines is 1. The van der Waals surface area contributed by atoms with Crippen molar-refractivity contribution in [1.82, 2.24) is 14.8 Å². The summed E-state index contributed by atoms with van der Waals surface area (Å²) in [4.78, 5) is 45.0. The second-order valence-electron chi connectivity index (χ2n) is 10.3. The summed E-state index contributed by atoms with van der Waals surface area (Å²) < 4.78 is 4.83. The number of ketones is 1. The number of aromatic nitrogens is 1. The number of likely N-dealkylation sites (N-methyl/N-ethyl adjacent to an activating group) is 1. The van der Waals surface area contributed by atoms with Gasteiger partial charge in [-0.05, 0) is 50.0 Å². The molecule has 2 heterocycles. The van der Waals surface area contributed by atoms with Gasteiger partial charge < -0.3 is 24.6 Å². The topological polar surface area (TPSA) is 103 Å². The molecule has 2 N–H and O–H groups in total. The molecule has 1 saturated heterocycles. The molecule has 1 aliphatic heterocycles. The number of hydrogen-bond donors (Lipinski definition) is 2. The second-order valence-corrected chi connectivity index (χ2v) is 10.3. The van der Waals surface area contributed by atoms with Crippen LogP contribution in [0.3, 0.4) is 0 Å². The number of aryl methyl sites for hydroxylation is 1. The van der Waals surface area contributed by atoms with E-state index in [1.54, 1.807) is 13.8 Å². The van der Waals surface area contributed by atoms with Crippen LogP contribution in [0.15, 0.2) is 29.8 Å². The number of hydrogen-bond acceptors (Lipinski definition) is 6. The summed E-state index contributed by atoms with van der Waals surface area (Å²) in [5, 5.41) is 11.4. The Morgan fingerprint density at radius 3 is 2.26 bits per heavy atom. The number of Topliss-reactive ketones (excluding diaryl/α,β-unsaturated/α-hetero) is 1. The summed E-state index contributed by atoms with van der Waals surface area (Å²) in [6.07, 6.45) is 0. The van der Waals surface area contributed by atoms with Gasteiger partial charge >= 0.3 is 5.97 Å². The average molecular weight is 482 g/mol. The Kier molecular flexibility index (Phi) is 7.26. The number of H-pyrrole nitrogens is 1. The van der Waals surface area contributed by atoms with Gasteiger partial charge in [0.05, 0.1) is 18.7 Å². The van der Waals surface area contributed by atoms with Crippen molar-refractivity contribution in [2.24, 2.45) is 0 Å². The lowest BCUT2D eigenvalue weighted by Gasteiger charge is -2.27. The highest BCUT2D eigenvalue weighted by Crippen LogP contribution is 2.41. The molecule has 3 rings (SSSR count). The molecule has 2 aromatic rings. The van der Waals surface area contributed by atoms with E-state index in [0.29, 0.717) is 29.9 Å². The van der Waals surface area contributed by atoms with E-state index in [4.69, 9.17) is 4.74 Å². The quantitative estimate of drug-likeness (QED) is 0.282. The number of aliphatic hydroxyl groups excluding tert-OH is 1. The van der Waals surface area contributed by atoms with Crippen LogP contribution in [-0.4, -0.2) is 71.8 Å². The summed E-state index contributed by atoms with van der Waals surface area (Å²) in [5.74, 6) is -2.28. The van der Waals surface area contributed by atoms with Gasteiger partial charge in [0.1, 0.15) is 11.5 Å². The van der Waals surface area contributed by atoms with Crippen LogP contribution in [0.2, 0.25) is 0 Å². The molecular formula is C27H35N3O5. The number of nitrogens with one attached hydrogen (secondary N) is 1. The van der Waals surface area contributed by atoms with Crippen LogP contribution >= 0.6 is 0 Å². The van der Waals surface area contributed by atoms with Gasteiger partial charge in [-0.3, -0.25) is 9.59 Å². The van der Waals surface area contributed by atoms with Crippen molar-refractivity contribution >= 4 is 23.4 Å². The molecule has 1 aliphatic rings. The van der Waals surface area contributed by atoms with Crippen molar-refractivity contribution in [3.63, 3.8) is 0 Å². The normalized spacial score (nSPS) is 18.0. The predicted octanol–water partition coefficient (Wildman–Crippen LogP) is 3.70. The monoisotopic (exact) mass is 481 g/mol. The van der Waals surface area contributed by atoms with Crippen molar-refractivity contribution in [1.29, 1.82) is 0 Å². The minimum atomic E-state index is -0.751. The zero-order chi connectivity index (χ0) is 26.2. The summed E-state index contributed by atoms with van der Waals surface area (Å²) >= 11 is 0. The first-order valence-electron chi connectivity index (χ1n) is 11.6. The van der Waals surface area contributed by atoms with Gasteiger partial charge in [0.2, 0.25) is 0 Å². The van der Waals surface area contributed by atoms with Gasteiger partial charge in [-0.1, -0.05) is 45.0 Å². The number of ether oxygens (including phenoxy) is 1. The molecule has 0 aliphatic carbocycles. The standard InChI is InChI=1S/C27H35N3O5/c1-15-19(16(2)28-21(15)26(34)35-8)23(31)20-22(17-9-11-18(12-10-17)27(3,4)5)30(14-13-29(6)7)25(33)24(20)32/h9-12,22,28,31H,13-14H2,1-8H3/t22-/m1/s1. The largest absolute Gasteiger partial charge is 0.507 e. The summed E-state index contributed by atoms with van der Waals surface area (Å²) in [7, 11) is 5.06. The highest BCUT2D eigenvalue weighted by atomic mass is 16.5. The maximum atomic E-state index is 13.3. The number of likely N-dealkylation sites (tertiary alicyclic amines) is 1. The maximum absolute atomic E-state index is 13.3. The van der Waals surface area contributed by atoms with E-state index in [2.05, 4.69) is 25.8 Å². The fraction of sp³-hybridized carbons (Fsp3) is 0.444. The van der Waals surface area contributed by atoms with Crippen molar-refractivity contribution in [2.45, 2.75) is 46.1 Å². The van der Waals surface area contributed by atoms with E-state index in [1.807, 2.05) is 43.3 Å². The maximum Gasteiger partial charge on any atom is 0.354 e. The minimum Gasteiger partial charge on any atom is -0.507 e. The van der Waals surface area contributed by atoms with Crippen LogP contribution in [0.4, 0.5) is 0 Å². The van der Waals surface area contributed by atoms with Crippen molar-refractivity contribution in [3.05, 3.63) is 63.5 Å². The Bertz CT molecular complexity index is 1180. The van der Waals surface area contributed by atoms with Crippen molar-refractivity contribution in [3.8, 4) is 0 Å². The third-order valence-corrected chi connectivity index (χ3v) is 6.48. The molecule has 35 heavy (non-hydrogen) atoms. The first-order valence-corrected chi connectivity index (χ1v) is 11.6. The first kappa shape index (κ1) is 26.2. The fourth-order valence-corrected chi connectivity index (χ4v) is 4.48. The molecule has 188 valence electrons. The van der Waals surface area contributed by atoms with E-state index < -0.39 is 23.7 Å². The van der Waals surface area contributed by atoms with Gasteiger partial charge in [0, 0.05) is 24.3 Å². The Hall–Kier alpha value is -3.39. The number of aliphatic hydroxyl groups is 1. The van der Waals surface area contributed by atoms with E-state index in [1.165, 1.54) is 12.0 Å². The molecule has 8 nitrogen and oxygen atoms in total. The minimum absolute atomic E-state index is 0.0129. The van der Waals surface area contributed by atoms with Crippen LogP contribution in [0.25, 0.3) is 5.76 Å². The zero-order valence-electron chi connectivity index (χ0n) is 21.8. The fourth-order valence-electron chi connectivity index (χ4n) is 4.48. The van der Waals surface area contributed by atoms with Crippen LogP contribution in [-0.2, 0) is 19.7 Å². The molecule has 1 fully saturated rings. The molecule has 0 bridgehead atoms. The molecule has 0 spiro atoms. The number of methoxy groups -OCH3 is 1. The molecule has 0 unspecified atom stereocenters. The highest BCUT2D eigenvalue weighted by Gasteiger charge is 2.46. The van der Waals surface area contributed by atoms with E-state index >= 15 is 0 Å². The number of benzene rings is 1. The SMILES string of the molecule is COC(=O)c1[nH]c(C)c(C(O)=C2C(=O)C(=O)N(CCN(C)C)[C@@H]2c2ccc(C(C)(C)C)cc2)c1C. The highest BCUT2D eigenvalue weighted by molar-refractivity contribution is 6.46. The summed E-state index contributed by atoms with van der Waals surface area (Å²) in [6.45, 7) is 10.6. The number of nitrogens with zero attached hydrogens (tertiary/aromatic N) is 2. The Balaban J connectivity index is 2.22. The van der Waals surface area contributed by atoms with Crippen LogP contribution in [0, 0.1) is 13.8 Å². The third-order valence-electron chi connectivity index (χ3n) is 6.48. The Morgan fingerprint density at radius 1 is 1.14 bits per heavy atom. The Morgan fingerprint density at radius 2 is 1.74 bits per heavy atom. The lowest BCUT2D eigenvalue weighted by molar-refractivity contribution is -0.140. The van der Waals surface area contributed by atoms with Gasteiger partial charge in [-0.25, -0.2) is 4.79 Å². The average Bonchev–Trinajstić information content (AvgIpc) is 3.23.